The van der Waals surface area contributed by atoms with Gasteiger partial charge in [0.2, 0.25) is 0 Å². The number of hydrogen-bond donors (Lipinski definition) is 2. The molecule has 0 fully saturated rings. The van der Waals surface area contributed by atoms with Crippen LogP contribution in [0.3, 0.4) is 0 Å². The van der Waals surface area contributed by atoms with Gasteiger partial charge in [-0.2, -0.15) is 0 Å². The number of nitrogens with two attached hydrogens (primary N) is 1. The normalized spacial score (nSPS) is 14.7. The van der Waals surface area contributed by atoms with Crippen molar-refractivity contribution >= 4 is 17.0 Å². The number of ether oxygens (including phenoxy) is 1. The third kappa shape index (κ3) is 2.82. The van der Waals surface area contributed by atoms with Crippen molar-refractivity contribution in [2.45, 2.75) is 13.5 Å². The molecular formula is C12H19N5O2. The standard InChI is InChI=1S/C12H19N5O2/c1-8(9(4-18)5-19-2)3-17-7-16-10-11(13)14-6-15-12(10)17/h6-9,18H,3-5H2,1-2H3,(H2,13,14,15)/t8?,9-/m0/s1. The maximum Gasteiger partial charge on any atom is 0.165 e. The number of methoxy groups -OCH3 is 1. The molecule has 0 saturated heterocycles. The summed E-state index contributed by atoms with van der Waals surface area (Å²) in [6.45, 7) is 3.39. The van der Waals surface area contributed by atoms with Gasteiger partial charge in [-0.25, -0.2) is 15.0 Å². The number of aliphatic hydroxyl groups excluding tert-OH is 1. The number of aliphatic hydroxyl groups is 1. The lowest BCUT2D eigenvalue weighted by molar-refractivity contribution is 0.0754. The van der Waals surface area contributed by atoms with Crippen molar-refractivity contribution in [2.24, 2.45) is 11.8 Å². The fourth-order valence-corrected chi connectivity index (χ4v) is 2.10. The number of imidazole rings is 1. The number of aromatic nitrogens is 4. The topological polar surface area (TPSA) is 99.1 Å². The summed E-state index contributed by atoms with van der Waals surface area (Å²) < 4.78 is 7.04. The van der Waals surface area contributed by atoms with E-state index in [2.05, 4.69) is 21.9 Å². The molecule has 19 heavy (non-hydrogen) atoms. The van der Waals surface area contributed by atoms with Crippen LogP contribution in [0.25, 0.3) is 11.2 Å². The molecule has 2 aromatic rings. The fraction of sp³-hybridized carbons (Fsp3) is 0.583. The Morgan fingerprint density at radius 3 is 2.89 bits per heavy atom. The summed E-state index contributed by atoms with van der Waals surface area (Å²) in [5.41, 5.74) is 7.08. The van der Waals surface area contributed by atoms with Gasteiger partial charge in [0.15, 0.2) is 11.5 Å². The lowest BCUT2D eigenvalue weighted by Crippen LogP contribution is -2.24. The highest BCUT2D eigenvalue weighted by atomic mass is 16.5. The fourth-order valence-electron chi connectivity index (χ4n) is 2.10. The SMILES string of the molecule is COC[C@H](CO)C(C)Cn1cnc2c(N)ncnc21. The van der Waals surface area contributed by atoms with E-state index in [1.807, 2.05) is 4.57 Å². The molecule has 0 amide bonds. The third-order valence-corrected chi connectivity index (χ3v) is 3.33. The highest BCUT2D eigenvalue weighted by Gasteiger charge is 2.18. The van der Waals surface area contributed by atoms with Crippen molar-refractivity contribution in [1.29, 1.82) is 0 Å². The van der Waals surface area contributed by atoms with Crippen molar-refractivity contribution in [1.82, 2.24) is 19.5 Å². The summed E-state index contributed by atoms with van der Waals surface area (Å²) >= 11 is 0. The predicted octanol–water partition coefficient (Wildman–Crippen LogP) is 0.299. The molecule has 0 saturated carbocycles. The summed E-state index contributed by atoms with van der Waals surface area (Å²) in [5.74, 6) is 0.701. The van der Waals surface area contributed by atoms with E-state index in [4.69, 9.17) is 10.5 Å². The zero-order valence-electron chi connectivity index (χ0n) is 11.2. The van der Waals surface area contributed by atoms with Gasteiger partial charge in [-0.05, 0) is 5.92 Å². The van der Waals surface area contributed by atoms with Crippen LogP contribution >= 0.6 is 0 Å². The number of rotatable bonds is 6. The second-order valence-corrected chi connectivity index (χ2v) is 4.70. The van der Waals surface area contributed by atoms with Crippen molar-refractivity contribution in [3.8, 4) is 0 Å². The molecule has 0 bridgehead atoms. The third-order valence-electron chi connectivity index (χ3n) is 3.33. The van der Waals surface area contributed by atoms with Gasteiger partial charge in [-0.15, -0.1) is 0 Å². The summed E-state index contributed by atoms with van der Waals surface area (Å²) in [5, 5.41) is 9.36. The van der Waals surface area contributed by atoms with Crippen LogP contribution in [-0.4, -0.2) is 44.9 Å². The molecule has 2 heterocycles. The molecule has 0 aliphatic rings. The maximum atomic E-state index is 9.36. The van der Waals surface area contributed by atoms with Gasteiger partial charge in [0.25, 0.3) is 0 Å². The van der Waals surface area contributed by atoms with Crippen molar-refractivity contribution in [2.75, 3.05) is 26.1 Å². The number of nitrogen functional groups attached to an aromatic ring is 1. The summed E-state index contributed by atoms with van der Waals surface area (Å²) in [6.07, 6.45) is 3.13. The first-order valence-electron chi connectivity index (χ1n) is 6.18. The van der Waals surface area contributed by atoms with Crippen LogP contribution in [0.5, 0.6) is 0 Å². The number of fused-ring (bicyclic) bond motifs is 1. The Morgan fingerprint density at radius 1 is 1.42 bits per heavy atom. The van der Waals surface area contributed by atoms with E-state index in [1.54, 1.807) is 13.4 Å². The largest absolute Gasteiger partial charge is 0.396 e. The van der Waals surface area contributed by atoms with E-state index < -0.39 is 0 Å². The van der Waals surface area contributed by atoms with E-state index >= 15 is 0 Å². The molecule has 3 N–H and O–H groups in total. The van der Waals surface area contributed by atoms with Crippen molar-refractivity contribution in [3.05, 3.63) is 12.7 Å². The maximum absolute atomic E-state index is 9.36. The molecular weight excluding hydrogens is 246 g/mol. The molecule has 2 aromatic heterocycles. The molecule has 2 rings (SSSR count). The first-order chi connectivity index (χ1) is 9.17. The molecule has 1 unspecified atom stereocenters. The van der Waals surface area contributed by atoms with Crippen LogP contribution in [0, 0.1) is 11.8 Å². The van der Waals surface area contributed by atoms with Gasteiger partial charge in [-0.3, -0.25) is 0 Å². The average Bonchev–Trinajstić information content (AvgIpc) is 2.80. The van der Waals surface area contributed by atoms with Gasteiger partial charge < -0.3 is 20.1 Å². The lowest BCUT2D eigenvalue weighted by atomic mass is 9.95. The zero-order chi connectivity index (χ0) is 13.8. The Balaban J connectivity index is 2.19. The highest BCUT2D eigenvalue weighted by Crippen LogP contribution is 2.19. The van der Waals surface area contributed by atoms with Crippen molar-refractivity contribution < 1.29 is 9.84 Å². The van der Waals surface area contributed by atoms with Crippen LogP contribution in [0.15, 0.2) is 12.7 Å². The molecule has 0 spiro atoms. The van der Waals surface area contributed by atoms with E-state index in [9.17, 15) is 5.11 Å². The van der Waals surface area contributed by atoms with E-state index in [1.165, 1.54) is 6.33 Å². The van der Waals surface area contributed by atoms with Gasteiger partial charge in [0.05, 0.1) is 12.9 Å². The molecule has 0 radical (unpaired) electrons. The van der Waals surface area contributed by atoms with Crippen LogP contribution < -0.4 is 5.73 Å². The second kappa shape index (κ2) is 5.94. The molecule has 0 aliphatic carbocycles. The zero-order valence-corrected chi connectivity index (χ0v) is 11.2. The first kappa shape index (κ1) is 13.7. The Morgan fingerprint density at radius 2 is 2.21 bits per heavy atom. The van der Waals surface area contributed by atoms with Gasteiger partial charge >= 0.3 is 0 Å². The highest BCUT2D eigenvalue weighted by molar-refractivity contribution is 5.81. The lowest BCUT2D eigenvalue weighted by Gasteiger charge is -2.21. The second-order valence-electron chi connectivity index (χ2n) is 4.70. The molecule has 104 valence electrons. The monoisotopic (exact) mass is 265 g/mol. The number of nitrogens with zero attached hydrogens (tertiary/aromatic N) is 4. The van der Waals surface area contributed by atoms with Crippen LogP contribution in [0.4, 0.5) is 5.82 Å². The van der Waals surface area contributed by atoms with Gasteiger partial charge in [0.1, 0.15) is 11.8 Å². The molecule has 7 heteroatoms. The van der Waals surface area contributed by atoms with Crippen LogP contribution in [0.2, 0.25) is 0 Å². The van der Waals surface area contributed by atoms with E-state index in [-0.39, 0.29) is 18.4 Å². The molecule has 0 aromatic carbocycles. The minimum atomic E-state index is 0.0848. The summed E-state index contributed by atoms with van der Waals surface area (Å²) in [6, 6.07) is 0. The Hall–Kier alpha value is -1.73. The number of anilines is 1. The van der Waals surface area contributed by atoms with Crippen molar-refractivity contribution in [3.63, 3.8) is 0 Å². The van der Waals surface area contributed by atoms with Gasteiger partial charge in [0, 0.05) is 26.2 Å². The van der Waals surface area contributed by atoms with E-state index in [0.29, 0.717) is 30.1 Å². The quantitative estimate of drug-likeness (QED) is 0.779. The molecule has 7 nitrogen and oxygen atoms in total. The Kier molecular flexibility index (Phi) is 4.28. The van der Waals surface area contributed by atoms with Gasteiger partial charge in [-0.1, -0.05) is 6.92 Å². The van der Waals surface area contributed by atoms with Crippen LogP contribution in [0.1, 0.15) is 6.92 Å². The summed E-state index contributed by atoms with van der Waals surface area (Å²) in [4.78, 5) is 12.3. The Labute approximate surface area is 111 Å². The number of hydrogen-bond acceptors (Lipinski definition) is 6. The predicted molar refractivity (Wildman–Crippen MR) is 71.4 cm³/mol. The average molecular weight is 265 g/mol. The first-order valence-corrected chi connectivity index (χ1v) is 6.18. The minimum Gasteiger partial charge on any atom is -0.396 e. The molecule has 2 atom stereocenters. The Bertz CT molecular complexity index is 542. The molecule has 0 aliphatic heterocycles. The smallest absolute Gasteiger partial charge is 0.165 e. The van der Waals surface area contributed by atoms with E-state index in [0.717, 1.165) is 0 Å². The summed E-state index contributed by atoms with van der Waals surface area (Å²) in [7, 11) is 1.63. The minimum absolute atomic E-state index is 0.0848. The van der Waals surface area contributed by atoms with Crippen LogP contribution in [-0.2, 0) is 11.3 Å².